The van der Waals surface area contributed by atoms with Crippen molar-refractivity contribution in [3.05, 3.63) is 46.0 Å². The molecule has 2 aromatic heterocycles. The second-order valence-corrected chi connectivity index (χ2v) is 5.77. The van der Waals surface area contributed by atoms with Gasteiger partial charge in [-0.25, -0.2) is 4.39 Å². The first kappa shape index (κ1) is 12.4. The van der Waals surface area contributed by atoms with Crippen LogP contribution < -0.4 is 5.73 Å². The molecule has 96 valence electrons. The van der Waals surface area contributed by atoms with Crippen molar-refractivity contribution in [3.63, 3.8) is 0 Å². The largest absolute Gasteiger partial charge is 0.382 e. The minimum Gasteiger partial charge on any atom is -0.382 e. The number of anilines is 1. The van der Waals surface area contributed by atoms with Gasteiger partial charge in [-0.2, -0.15) is 5.10 Å². The summed E-state index contributed by atoms with van der Waals surface area (Å²) in [6, 6.07) is 8.75. The van der Waals surface area contributed by atoms with E-state index in [2.05, 4.69) is 26.1 Å². The highest BCUT2D eigenvalue weighted by atomic mass is 79.9. The van der Waals surface area contributed by atoms with Gasteiger partial charge >= 0.3 is 0 Å². The maximum Gasteiger partial charge on any atom is 0.154 e. The average Bonchev–Trinajstić information content (AvgIpc) is 3.01. The first-order valence-electron chi connectivity index (χ1n) is 5.50. The lowest BCUT2D eigenvalue weighted by atomic mass is 10.1. The molecule has 0 aliphatic carbocycles. The Hall–Kier alpha value is -1.66. The highest BCUT2D eigenvalue weighted by molar-refractivity contribution is 9.10. The Labute approximate surface area is 121 Å². The number of thiophene rings is 1. The first-order chi connectivity index (χ1) is 9.16. The average molecular weight is 338 g/mol. The molecule has 0 aliphatic rings. The van der Waals surface area contributed by atoms with Gasteiger partial charge in [0.05, 0.1) is 15.7 Å². The lowest BCUT2D eigenvalue weighted by Gasteiger charge is -2.03. The number of nitrogen functional groups attached to an aromatic ring is 1. The number of hydrogen-bond donors (Lipinski definition) is 2. The minimum atomic E-state index is -0.297. The van der Waals surface area contributed by atoms with Crippen LogP contribution in [0.4, 0.5) is 10.2 Å². The van der Waals surface area contributed by atoms with E-state index in [0.29, 0.717) is 10.3 Å². The third kappa shape index (κ3) is 2.17. The number of aromatic nitrogens is 2. The highest BCUT2D eigenvalue weighted by Crippen LogP contribution is 2.37. The number of rotatable bonds is 2. The lowest BCUT2D eigenvalue weighted by Crippen LogP contribution is -1.87. The SMILES string of the molecule is Nc1n[nH]c(-c2ccc(F)c(Br)c2)c1-c1cccs1. The number of nitrogens with zero attached hydrogens (tertiary/aromatic N) is 1. The quantitative estimate of drug-likeness (QED) is 0.732. The molecule has 0 bridgehead atoms. The van der Waals surface area contributed by atoms with Gasteiger partial charge in [0.25, 0.3) is 0 Å². The molecule has 3 aromatic rings. The molecule has 0 radical (unpaired) electrons. The van der Waals surface area contributed by atoms with Crippen LogP contribution in [-0.4, -0.2) is 10.2 Å². The Morgan fingerprint density at radius 1 is 1.32 bits per heavy atom. The smallest absolute Gasteiger partial charge is 0.154 e. The summed E-state index contributed by atoms with van der Waals surface area (Å²) in [7, 11) is 0. The summed E-state index contributed by atoms with van der Waals surface area (Å²) < 4.78 is 13.7. The van der Waals surface area contributed by atoms with Crippen molar-refractivity contribution in [1.82, 2.24) is 10.2 Å². The molecule has 6 heteroatoms. The van der Waals surface area contributed by atoms with Gasteiger partial charge in [-0.3, -0.25) is 5.10 Å². The van der Waals surface area contributed by atoms with Gasteiger partial charge in [-0.15, -0.1) is 11.3 Å². The van der Waals surface area contributed by atoms with Crippen LogP contribution in [0.25, 0.3) is 21.7 Å². The van der Waals surface area contributed by atoms with Crippen LogP contribution in [0.3, 0.4) is 0 Å². The molecule has 19 heavy (non-hydrogen) atoms. The van der Waals surface area contributed by atoms with Gasteiger partial charge in [0, 0.05) is 10.4 Å². The van der Waals surface area contributed by atoms with Crippen molar-refractivity contribution >= 4 is 33.1 Å². The van der Waals surface area contributed by atoms with Crippen LogP contribution in [-0.2, 0) is 0 Å². The molecular formula is C13H9BrFN3S. The van der Waals surface area contributed by atoms with Crippen molar-refractivity contribution < 1.29 is 4.39 Å². The Morgan fingerprint density at radius 2 is 2.16 bits per heavy atom. The van der Waals surface area contributed by atoms with E-state index in [1.807, 2.05) is 17.5 Å². The third-order valence-electron chi connectivity index (χ3n) is 2.77. The van der Waals surface area contributed by atoms with E-state index >= 15 is 0 Å². The fraction of sp³-hybridized carbons (Fsp3) is 0. The van der Waals surface area contributed by atoms with Gasteiger partial charge in [0.15, 0.2) is 5.82 Å². The molecule has 2 heterocycles. The van der Waals surface area contributed by atoms with Crippen LogP contribution in [0.15, 0.2) is 40.2 Å². The molecular weight excluding hydrogens is 329 g/mol. The standard InChI is InChI=1S/C13H9BrFN3S/c14-8-6-7(3-4-9(8)15)12-11(13(16)18-17-12)10-2-1-5-19-10/h1-6H,(H3,16,17,18). The molecule has 3 nitrogen and oxygen atoms in total. The summed E-state index contributed by atoms with van der Waals surface area (Å²) in [5, 5.41) is 8.94. The van der Waals surface area contributed by atoms with Crippen LogP contribution in [0.1, 0.15) is 0 Å². The Bertz CT molecular complexity index is 722. The van der Waals surface area contributed by atoms with Crippen LogP contribution in [0.5, 0.6) is 0 Å². The lowest BCUT2D eigenvalue weighted by molar-refractivity contribution is 0.621. The number of H-pyrrole nitrogens is 1. The Balaban J connectivity index is 2.18. The van der Waals surface area contributed by atoms with E-state index in [4.69, 9.17) is 5.73 Å². The first-order valence-corrected chi connectivity index (χ1v) is 7.17. The summed E-state index contributed by atoms with van der Waals surface area (Å²) >= 11 is 4.77. The maximum atomic E-state index is 13.3. The normalized spacial score (nSPS) is 10.8. The molecule has 0 spiro atoms. The number of aromatic amines is 1. The summed E-state index contributed by atoms with van der Waals surface area (Å²) in [5.74, 6) is 0.145. The maximum absolute atomic E-state index is 13.3. The van der Waals surface area contributed by atoms with E-state index in [9.17, 15) is 4.39 Å². The van der Waals surface area contributed by atoms with E-state index < -0.39 is 0 Å². The van der Waals surface area contributed by atoms with Gasteiger partial charge in [-0.1, -0.05) is 6.07 Å². The second kappa shape index (κ2) is 4.79. The molecule has 3 N–H and O–H groups in total. The fourth-order valence-electron chi connectivity index (χ4n) is 1.89. The predicted octanol–water partition coefficient (Wildman–Crippen LogP) is 4.29. The number of benzene rings is 1. The third-order valence-corrected chi connectivity index (χ3v) is 4.27. The van der Waals surface area contributed by atoms with Crippen LogP contribution in [0.2, 0.25) is 0 Å². The molecule has 0 fully saturated rings. The van der Waals surface area contributed by atoms with E-state index in [1.54, 1.807) is 23.5 Å². The predicted molar refractivity (Wildman–Crippen MR) is 79.4 cm³/mol. The van der Waals surface area contributed by atoms with Crippen molar-refractivity contribution in [1.29, 1.82) is 0 Å². The van der Waals surface area contributed by atoms with Gasteiger partial charge in [-0.05, 0) is 45.6 Å². The summed E-state index contributed by atoms with van der Waals surface area (Å²) in [4.78, 5) is 1.03. The number of hydrogen-bond acceptors (Lipinski definition) is 3. The monoisotopic (exact) mass is 337 g/mol. The Kier molecular flexibility index (Phi) is 3.12. The van der Waals surface area contributed by atoms with Crippen molar-refractivity contribution in [2.75, 3.05) is 5.73 Å². The van der Waals surface area contributed by atoms with Crippen LogP contribution >= 0.6 is 27.3 Å². The molecule has 0 unspecified atom stereocenters. The van der Waals surface area contributed by atoms with Crippen molar-refractivity contribution in [2.45, 2.75) is 0 Å². The molecule has 0 aliphatic heterocycles. The topological polar surface area (TPSA) is 54.7 Å². The van der Waals surface area contributed by atoms with Gasteiger partial charge < -0.3 is 5.73 Å². The van der Waals surface area contributed by atoms with E-state index in [1.165, 1.54) is 6.07 Å². The van der Waals surface area contributed by atoms with Crippen LogP contribution in [0, 0.1) is 5.82 Å². The summed E-state index contributed by atoms with van der Waals surface area (Å²) in [6.07, 6.45) is 0. The zero-order chi connectivity index (χ0) is 13.4. The Morgan fingerprint density at radius 3 is 2.84 bits per heavy atom. The molecule has 3 rings (SSSR count). The van der Waals surface area contributed by atoms with E-state index in [-0.39, 0.29) is 5.82 Å². The van der Waals surface area contributed by atoms with Crippen molar-refractivity contribution in [3.8, 4) is 21.7 Å². The van der Waals surface area contributed by atoms with Gasteiger partial charge in [0.1, 0.15) is 5.82 Å². The number of nitrogens with one attached hydrogen (secondary N) is 1. The van der Waals surface area contributed by atoms with Gasteiger partial charge in [0.2, 0.25) is 0 Å². The summed E-state index contributed by atoms with van der Waals surface area (Å²) in [6.45, 7) is 0. The molecule has 1 aromatic carbocycles. The minimum absolute atomic E-state index is 0.297. The molecule has 0 saturated heterocycles. The molecule has 0 amide bonds. The zero-order valence-electron chi connectivity index (χ0n) is 9.65. The molecule has 0 saturated carbocycles. The zero-order valence-corrected chi connectivity index (χ0v) is 12.1. The number of nitrogens with two attached hydrogens (primary N) is 1. The molecule has 0 atom stereocenters. The van der Waals surface area contributed by atoms with E-state index in [0.717, 1.165) is 21.7 Å². The van der Waals surface area contributed by atoms with Crippen molar-refractivity contribution in [2.24, 2.45) is 0 Å². The highest BCUT2D eigenvalue weighted by Gasteiger charge is 2.16. The fourth-order valence-corrected chi connectivity index (χ4v) is 3.05. The summed E-state index contributed by atoms with van der Waals surface area (Å²) in [5.41, 5.74) is 8.40. The second-order valence-electron chi connectivity index (χ2n) is 3.97. The number of halogens is 2.